The molecule has 2 aliphatic rings. The maximum Gasteiger partial charge on any atom is 0.407 e. The second kappa shape index (κ2) is 8.46. The van der Waals surface area contributed by atoms with Gasteiger partial charge in [0.15, 0.2) is 12.4 Å². The monoisotopic (exact) mass is 421 g/mol. The molecule has 26 heavy (non-hydrogen) atoms. The molecule has 1 aromatic rings. The molecule has 0 amide bonds. The molecular formula is C18H22BrN4O3+. The van der Waals surface area contributed by atoms with E-state index in [1.807, 2.05) is 12.1 Å². The van der Waals surface area contributed by atoms with Gasteiger partial charge in [-0.2, -0.15) is 0 Å². The Morgan fingerprint density at radius 1 is 1.35 bits per heavy atom. The molecule has 138 valence electrons. The lowest BCUT2D eigenvalue weighted by molar-refractivity contribution is -0.465. The third kappa shape index (κ3) is 4.13. The van der Waals surface area contributed by atoms with E-state index in [0.29, 0.717) is 16.8 Å². The van der Waals surface area contributed by atoms with Gasteiger partial charge in [0.05, 0.1) is 6.61 Å². The van der Waals surface area contributed by atoms with Crippen molar-refractivity contribution >= 4 is 40.0 Å². The lowest BCUT2D eigenvalue weighted by atomic mass is 10.2. The van der Waals surface area contributed by atoms with Crippen molar-refractivity contribution in [3.63, 3.8) is 0 Å². The van der Waals surface area contributed by atoms with Crippen molar-refractivity contribution in [2.45, 2.75) is 6.92 Å². The number of esters is 1. The molecule has 1 fully saturated rings. The van der Waals surface area contributed by atoms with Gasteiger partial charge in [-0.3, -0.25) is 0 Å². The lowest BCUT2D eigenvalue weighted by Crippen LogP contribution is -2.43. The average molecular weight is 422 g/mol. The number of benzene rings is 1. The Hall–Kier alpha value is -2.19. The van der Waals surface area contributed by atoms with Crippen LogP contribution >= 0.6 is 15.9 Å². The van der Waals surface area contributed by atoms with Gasteiger partial charge < -0.3 is 19.7 Å². The fourth-order valence-corrected chi connectivity index (χ4v) is 3.36. The van der Waals surface area contributed by atoms with E-state index in [2.05, 4.69) is 50.1 Å². The SMILES string of the molecule is C=[N+]1N=C(COc2ccc(N3CCNCC3)cc2)C(Br)=C1C(=O)OCC. The number of rotatable bonds is 6. The second-order valence-corrected chi connectivity index (χ2v) is 6.64. The highest BCUT2D eigenvalue weighted by Crippen LogP contribution is 2.24. The van der Waals surface area contributed by atoms with Crippen molar-refractivity contribution in [2.24, 2.45) is 5.10 Å². The summed E-state index contributed by atoms with van der Waals surface area (Å²) in [5.41, 5.74) is 2.06. The van der Waals surface area contributed by atoms with E-state index >= 15 is 0 Å². The van der Waals surface area contributed by atoms with Crippen LogP contribution in [0.4, 0.5) is 5.69 Å². The van der Waals surface area contributed by atoms with Crippen LogP contribution in [0.1, 0.15) is 6.92 Å². The molecule has 0 saturated carbocycles. The van der Waals surface area contributed by atoms with E-state index < -0.39 is 5.97 Å². The quantitative estimate of drug-likeness (QED) is 0.559. The molecule has 0 spiro atoms. The summed E-state index contributed by atoms with van der Waals surface area (Å²) in [6, 6.07) is 8.00. The molecule has 1 N–H and O–H groups in total. The van der Waals surface area contributed by atoms with Crippen molar-refractivity contribution in [3.8, 4) is 5.75 Å². The number of hydrogen-bond donors (Lipinski definition) is 1. The smallest absolute Gasteiger partial charge is 0.407 e. The van der Waals surface area contributed by atoms with E-state index in [0.717, 1.165) is 31.9 Å². The Balaban J connectivity index is 1.61. The number of ether oxygens (including phenoxy) is 2. The summed E-state index contributed by atoms with van der Waals surface area (Å²) in [6.45, 7) is 10.0. The maximum atomic E-state index is 12.0. The summed E-state index contributed by atoms with van der Waals surface area (Å²) in [4.78, 5) is 14.3. The number of hydrogen-bond acceptors (Lipinski definition) is 6. The number of piperazine rings is 1. The van der Waals surface area contributed by atoms with Gasteiger partial charge in [-0.25, -0.2) is 4.79 Å². The highest BCUT2D eigenvalue weighted by molar-refractivity contribution is 9.12. The Kier molecular flexibility index (Phi) is 6.05. The van der Waals surface area contributed by atoms with Gasteiger partial charge >= 0.3 is 11.7 Å². The molecule has 1 aromatic carbocycles. The third-order valence-electron chi connectivity index (χ3n) is 4.12. The number of nitrogens with one attached hydrogen (secondary N) is 1. The number of carbonyl (C=O) groups is 1. The number of carbonyl (C=O) groups excluding carboxylic acids is 1. The summed E-state index contributed by atoms with van der Waals surface area (Å²) in [6.07, 6.45) is 0. The minimum absolute atomic E-state index is 0.225. The summed E-state index contributed by atoms with van der Waals surface area (Å²) < 4.78 is 12.6. The molecule has 0 radical (unpaired) electrons. The molecule has 1 saturated heterocycles. The van der Waals surface area contributed by atoms with E-state index in [-0.39, 0.29) is 12.3 Å². The van der Waals surface area contributed by atoms with Crippen LogP contribution in [0.5, 0.6) is 5.75 Å². The molecule has 2 heterocycles. The normalized spacial score (nSPS) is 17.4. The topological polar surface area (TPSA) is 66.2 Å². The van der Waals surface area contributed by atoms with Gasteiger partial charge in [-0.1, -0.05) is 4.68 Å². The Bertz CT molecular complexity index is 752. The average Bonchev–Trinajstić information content (AvgIpc) is 2.95. The van der Waals surface area contributed by atoms with Crippen molar-refractivity contribution in [2.75, 3.05) is 44.3 Å². The lowest BCUT2D eigenvalue weighted by Gasteiger charge is -2.29. The minimum atomic E-state index is -0.464. The third-order valence-corrected chi connectivity index (χ3v) is 4.96. The molecule has 7 nitrogen and oxygen atoms in total. The van der Waals surface area contributed by atoms with E-state index in [1.54, 1.807) is 6.92 Å². The molecule has 0 atom stereocenters. The number of halogens is 1. The van der Waals surface area contributed by atoms with Crippen molar-refractivity contribution in [3.05, 3.63) is 34.4 Å². The van der Waals surface area contributed by atoms with Crippen LogP contribution in [0, 0.1) is 0 Å². The van der Waals surface area contributed by atoms with Gasteiger partial charge in [-0.15, -0.1) is 0 Å². The van der Waals surface area contributed by atoms with E-state index in [4.69, 9.17) is 9.47 Å². The molecule has 3 rings (SSSR count). The van der Waals surface area contributed by atoms with Gasteiger partial charge in [0.2, 0.25) is 0 Å². The fourth-order valence-electron chi connectivity index (χ4n) is 2.80. The standard InChI is InChI=1S/C18H22BrN4O3/c1-3-25-18(24)17-16(19)15(21-22(17)2)12-26-14-6-4-13(5-7-14)23-10-8-20-9-11-23/h4-7,20H,2-3,8-12H2,1H3/q+1. The Morgan fingerprint density at radius 3 is 2.69 bits per heavy atom. The molecule has 0 unspecified atom stereocenters. The predicted molar refractivity (Wildman–Crippen MR) is 104 cm³/mol. The van der Waals surface area contributed by atoms with Crippen molar-refractivity contribution < 1.29 is 19.0 Å². The number of nitrogens with zero attached hydrogens (tertiary/aromatic N) is 3. The van der Waals surface area contributed by atoms with Crippen LogP contribution in [0.25, 0.3) is 0 Å². The second-order valence-electron chi connectivity index (χ2n) is 5.85. The Morgan fingerprint density at radius 2 is 2.04 bits per heavy atom. The van der Waals surface area contributed by atoms with Gasteiger partial charge in [0.25, 0.3) is 0 Å². The zero-order valence-electron chi connectivity index (χ0n) is 14.7. The van der Waals surface area contributed by atoms with Crippen LogP contribution in [-0.2, 0) is 9.53 Å². The van der Waals surface area contributed by atoms with Crippen LogP contribution in [-0.4, -0.2) is 62.5 Å². The first-order valence-corrected chi connectivity index (χ1v) is 9.33. The minimum Gasteiger partial charge on any atom is -0.487 e. The highest BCUT2D eigenvalue weighted by atomic mass is 79.9. The van der Waals surface area contributed by atoms with Crippen molar-refractivity contribution in [1.29, 1.82) is 0 Å². The summed E-state index contributed by atoms with van der Waals surface area (Å²) in [5.74, 6) is 0.278. The predicted octanol–water partition coefficient (Wildman–Crippen LogP) is 1.73. The first-order valence-electron chi connectivity index (χ1n) is 8.54. The van der Waals surface area contributed by atoms with Crippen LogP contribution in [0.3, 0.4) is 0 Å². The first kappa shape index (κ1) is 18.6. The molecule has 0 aliphatic carbocycles. The van der Waals surface area contributed by atoms with Crippen molar-refractivity contribution in [1.82, 2.24) is 5.32 Å². The first-order chi connectivity index (χ1) is 12.6. The number of anilines is 1. The number of hydrazone groups is 1. The largest absolute Gasteiger partial charge is 0.487 e. The zero-order chi connectivity index (χ0) is 18.5. The van der Waals surface area contributed by atoms with E-state index in [9.17, 15) is 4.79 Å². The van der Waals surface area contributed by atoms with Crippen LogP contribution in [0.2, 0.25) is 0 Å². The van der Waals surface area contributed by atoms with Crippen LogP contribution in [0.15, 0.2) is 39.5 Å². The summed E-state index contributed by atoms with van der Waals surface area (Å²) >= 11 is 3.39. The van der Waals surface area contributed by atoms with Gasteiger partial charge in [0.1, 0.15) is 16.8 Å². The molecule has 0 bridgehead atoms. The molecule has 2 aliphatic heterocycles. The maximum absolute atomic E-state index is 12.0. The van der Waals surface area contributed by atoms with Crippen LogP contribution < -0.4 is 15.0 Å². The molecule has 0 aromatic heterocycles. The van der Waals surface area contributed by atoms with Gasteiger partial charge in [-0.05, 0) is 47.1 Å². The molecule has 8 heteroatoms. The van der Waals surface area contributed by atoms with E-state index in [1.165, 1.54) is 10.4 Å². The molecular weight excluding hydrogens is 400 g/mol. The Labute approximate surface area is 161 Å². The fraction of sp³-hybridized carbons (Fsp3) is 0.389. The highest BCUT2D eigenvalue weighted by Gasteiger charge is 2.36. The zero-order valence-corrected chi connectivity index (χ0v) is 16.3. The summed E-state index contributed by atoms with van der Waals surface area (Å²) in [5, 5.41) is 7.58. The van der Waals surface area contributed by atoms with Gasteiger partial charge in [0, 0.05) is 37.0 Å². The summed E-state index contributed by atoms with van der Waals surface area (Å²) in [7, 11) is 0.